The Balaban J connectivity index is 1.91. The van der Waals surface area contributed by atoms with Crippen molar-refractivity contribution in [1.82, 2.24) is 0 Å². The Kier molecular flexibility index (Phi) is 3.76. The van der Waals surface area contributed by atoms with Crippen molar-refractivity contribution in [3.8, 4) is 33.8 Å². The number of benzene rings is 3. The number of aryl methyl sites for hydroxylation is 1. The van der Waals surface area contributed by atoms with E-state index in [1.807, 2.05) is 24.3 Å². The summed E-state index contributed by atoms with van der Waals surface area (Å²) >= 11 is 0. The summed E-state index contributed by atoms with van der Waals surface area (Å²) in [5, 5.41) is 0. The minimum atomic E-state index is 0.899. The Bertz CT molecular complexity index is 893. The standard InChI is InChI=1S/C23H18O/c1-17-9-8-14-20(15-17)22-16-21(18-10-4-2-5-11-18)23(24-22)19-12-6-3-7-13-19/h2-16H,1H3. The van der Waals surface area contributed by atoms with Crippen molar-refractivity contribution in [3.05, 3.63) is 96.6 Å². The van der Waals surface area contributed by atoms with Crippen LogP contribution in [0.5, 0.6) is 0 Å². The lowest BCUT2D eigenvalue weighted by atomic mass is 10.0. The maximum absolute atomic E-state index is 6.30. The topological polar surface area (TPSA) is 13.1 Å². The first-order valence-corrected chi connectivity index (χ1v) is 8.13. The van der Waals surface area contributed by atoms with E-state index in [9.17, 15) is 0 Å². The molecule has 0 amide bonds. The van der Waals surface area contributed by atoms with Crippen LogP contribution in [0.2, 0.25) is 0 Å². The second kappa shape index (κ2) is 6.21. The zero-order chi connectivity index (χ0) is 16.4. The Morgan fingerprint density at radius 3 is 1.88 bits per heavy atom. The van der Waals surface area contributed by atoms with Crippen molar-refractivity contribution in [2.75, 3.05) is 0 Å². The van der Waals surface area contributed by atoms with Crippen LogP contribution in [0.3, 0.4) is 0 Å². The highest BCUT2D eigenvalue weighted by atomic mass is 16.3. The average molecular weight is 310 g/mol. The van der Waals surface area contributed by atoms with Gasteiger partial charge in [0, 0.05) is 16.7 Å². The van der Waals surface area contributed by atoms with E-state index in [4.69, 9.17) is 4.42 Å². The molecule has 24 heavy (non-hydrogen) atoms. The average Bonchev–Trinajstić information content (AvgIpc) is 3.09. The predicted octanol–water partition coefficient (Wildman–Crippen LogP) is 6.59. The molecular weight excluding hydrogens is 292 g/mol. The second-order valence-corrected chi connectivity index (χ2v) is 5.95. The smallest absolute Gasteiger partial charge is 0.142 e. The molecule has 0 bridgehead atoms. The molecular formula is C23H18O. The van der Waals surface area contributed by atoms with Crippen LogP contribution in [0.25, 0.3) is 33.8 Å². The van der Waals surface area contributed by atoms with E-state index in [1.54, 1.807) is 0 Å². The molecule has 0 spiro atoms. The first-order valence-electron chi connectivity index (χ1n) is 8.13. The van der Waals surface area contributed by atoms with Gasteiger partial charge < -0.3 is 4.42 Å². The Hall–Kier alpha value is -3.06. The summed E-state index contributed by atoms with van der Waals surface area (Å²) in [5.74, 6) is 1.81. The molecule has 1 aromatic heterocycles. The summed E-state index contributed by atoms with van der Waals surface area (Å²) in [6.45, 7) is 2.10. The summed E-state index contributed by atoms with van der Waals surface area (Å²) in [7, 11) is 0. The quantitative estimate of drug-likeness (QED) is 0.416. The monoisotopic (exact) mass is 310 g/mol. The molecule has 3 aromatic carbocycles. The van der Waals surface area contributed by atoms with Crippen LogP contribution in [0.15, 0.2) is 95.4 Å². The van der Waals surface area contributed by atoms with Gasteiger partial charge in [-0.15, -0.1) is 0 Å². The molecule has 1 nitrogen and oxygen atoms in total. The summed E-state index contributed by atoms with van der Waals surface area (Å²) in [6.07, 6.45) is 0. The van der Waals surface area contributed by atoms with Gasteiger partial charge in [-0.2, -0.15) is 0 Å². The van der Waals surface area contributed by atoms with Crippen LogP contribution in [0.1, 0.15) is 5.56 Å². The fraction of sp³-hybridized carbons (Fsp3) is 0.0435. The molecule has 0 saturated heterocycles. The normalized spacial score (nSPS) is 10.7. The van der Waals surface area contributed by atoms with Crippen molar-refractivity contribution < 1.29 is 4.42 Å². The first kappa shape index (κ1) is 14.5. The summed E-state index contributed by atoms with van der Waals surface area (Å²) in [5.41, 5.74) is 5.72. The maximum Gasteiger partial charge on any atom is 0.142 e. The third kappa shape index (κ3) is 2.77. The fourth-order valence-electron chi connectivity index (χ4n) is 2.97. The molecule has 4 rings (SSSR count). The van der Waals surface area contributed by atoms with Crippen LogP contribution >= 0.6 is 0 Å². The van der Waals surface area contributed by atoms with E-state index in [1.165, 1.54) is 11.1 Å². The van der Waals surface area contributed by atoms with Gasteiger partial charge in [-0.25, -0.2) is 0 Å². The van der Waals surface area contributed by atoms with Gasteiger partial charge in [-0.1, -0.05) is 84.4 Å². The largest absolute Gasteiger partial charge is 0.455 e. The van der Waals surface area contributed by atoms with Crippen LogP contribution in [-0.4, -0.2) is 0 Å². The molecule has 1 heterocycles. The van der Waals surface area contributed by atoms with E-state index < -0.39 is 0 Å². The lowest BCUT2D eigenvalue weighted by Gasteiger charge is -2.02. The second-order valence-electron chi connectivity index (χ2n) is 5.95. The minimum Gasteiger partial charge on any atom is -0.455 e. The van der Waals surface area contributed by atoms with Crippen molar-refractivity contribution in [2.24, 2.45) is 0 Å². The highest BCUT2D eigenvalue weighted by Crippen LogP contribution is 2.38. The predicted molar refractivity (Wildman–Crippen MR) is 99.8 cm³/mol. The highest BCUT2D eigenvalue weighted by molar-refractivity contribution is 5.83. The van der Waals surface area contributed by atoms with Crippen molar-refractivity contribution in [1.29, 1.82) is 0 Å². The van der Waals surface area contributed by atoms with Gasteiger partial charge in [0.15, 0.2) is 0 Å². The molecule has 0 N–H and O–H groups in total. The number of furan rings is 1. The van der Waals surface area contributed by atoms with E-state index in [0.717, 1.165) is 28.2 Å². The SMILES string of the molecule is Cc1cccc(-c2cc(-c3ccccc3)c(-c3ccccc3)o2)c1. The Morgan fingerprint density at radius 2 is 1.21 bits per heavy atom. The number of rotatable bonds is 3. The lowest BCUT2D eigenvalue weighted by Crippen LogP contribution is -1.78. The Labute approximate surface area is 142 Å². The zero-order valence-electron chi connectivity index (χ0n) is 13.6. The molecule has 0 unspecified atom stereocenters. The molecule has 0 aliphatic rings. The lowest BCUT2D eigenvalue weighted by molar-refractivity contribution is 0.598. The van der Waals surface area contributed by atoms with Gasteiger partial charge in [0.25, 0.3) is 0 Å². The molecule has 1 heteroatoms. The summed E-state index contributed by atoms with van der Waals surface area (Å²) in [4.78, 5) is 0. The molecule has 0 saturated carbocycles. The van der Waals surface area contributed by atoms with Gasteiger partial charge in [0.1, 0.15) is 11.5 Å². The van der Waals surface area contributed by atoms with Crippen LogP contribution in [0, 0.1) is 6.92 Å². The van der Waals surface area contributed by atoms with E-state index in [2.05, 4.69) is 73.7 Å². The molecule has 4 aromatic rings. The fourth-order valence-corrected chi connectivity index (χ4v) is 2.97. The third-order valence-corrected chi connectivity index (χ3v) is 4.16. The Morgan fingerprint density at radius 1 is 0.583 bits per heavy atom. The maximum atomic E-state index is 6.30. The van der Waals surface area contributed by atoms with Gasteiger partial charge in [-0.05, 0) is 24.6 Å². The first-order chi connectivity index (χ1) is 11.8. The zero-order valence-corrected chi connectivity index (χ0v) is 13.6. The minimum absolute atomic E-state index is 0.899. The number of hydrogen-bond donors (Lipinski definition) is 0. The van der Waals surface area contributed by atoms with Crippen molar-refractivity contribution in [2.45, 2.75) is 6.92 Å². The van der Waals surface area contributed by atoms with E-state index in [0.29, 0.717) is 0 Å². The summed E-state index contributed by atoms with van der Waals surface area (Å²) < 4.78 is 6.30. The van der Waals surface area contributed by atoms with Crippen molar-refractivity contribution >= 4 is 0 Å². The van der Waals surface area contributed by atoms with Crippen molar-refractivity contribution in [3.63, 3.8) is 0 Å². The highest BCUT2D eigenvalue weighted by Gasteiger charge is 2.15. The molecule has 0 radical (unpaired) electrons. The van der Waals surface area contributed by atoms with E-state index >= 15 is 0 Å². The third-order valence-electron chi connectivity index (χ3n) is 4.16. The van der Waals surface area contributed by atoms with Crippen LogP contribution in [0.4, 0.5) is 0 Å². The van der Waals surface area contributed by atoms with Gasteiger partial charge in [0.05, 0.1) is 0 Å². The number of hydrogen-bond acceptors (Lipinski definition) is 1. The van der Waals surface area contributed by atoms with E-state index in [-0.39, 0.29) is 0 Å². The molecule has 116 valence electrons. The molecule has 0 fully saturated rings. The molecule has 0 aliphatic carbocycles. The van der Waals surface area contributed by atoms with Gasteiger partial charge in [-0.3, -0.25) is 0 Å². The van der Waals surface area contributed by atoms with Crippen LogP contribution in [-0.2, 0) is 0 Å². The van der Waals surface area contributed by atoms with Gasteiger partial charge >= 0.3 is 0 Å². The summed E-state index contributed by atoms with van der Waals surface area (Å²) in [6, 6.07) is 31.2. The molecule has 0 aliphatic heterocycles. The van der Waals surface area contributed by atoms with Crippen LogP contribution < -0.4 is 0 Å². The molecule has 0 atom stereocenters. The van der Waals surface area contributed by atoms with Gasteiger partial charge in [0.2, 0.25) is 0 Å².